The number of anilines is 1. The molecule has 0 aliphatic carbocycles. The number of rotatable bonds is 3. The van der Waals surface area contributed by atoms with Crippen molar-refractivity contribution in [2.45, 2.75) is 26.2 Å². The molecule has 0 unspecified atom stereocenters. The first-order valence-electron chi connectivity index (χ1n) is 8.51. The molecule has 1 aromatic carbocycles. The molecule has 1 fully saturated rings. The number of halogens is 2. The summed E-state index contributed by atoms with van der Waals surface area (Å²) in [6.07, 6.45) is 0.863. The summed E-state index contributed by atoms with van der Waals surface area (Å²) >= 11 is 3.51. The van der Waals surface area contributed by atoms with Crippen LogP contribution >= 0.6 is 15.9 Å². The number of nitrogens with zero attached hydrogens (tertiary/aromatic N) is 3. The lowest BCUT2D eigenvalue weighted by atomic mass is 10.1. The highest BCUT2D eigenvalue weighted by Crippen LogP contribution is 2.27. The molecular formula is C18H22BrFN4O. The largest absolute Gasteiger partial charge is 0.370 e. The smallest absolute Gasteiger partial charge is 0.275 e. The molecule has 1 aromatic heterocycles. The van der Waals surface area contributed by atoms with Crippen LogP contribution in [0.3, 0.4) is 0 Å². The van der Waals surface area contributed by atoms with Crippen LogP contribution in [0, 0.1) is 5.82 Å². The third-order valence-corrected chi connectivity index (χ3v) is 5.29. The Balaban J connectivity index is 1.70. The van der Waals surface area contributed by atoms with E-state index >= 15 is 0 Å². The van der Waals surface area contributed by atoms with Gasteiger partial charge < -0.3 is 9.80 Å². The van der Waals surface area contributed by atoms with Crippen LogP contribution in [-0.4, -0.2) is 47.2 Å². The van der Waals surface area contributed by atoms with Crippen LogP contribution in [0.2, 0.25) is 0 Å². The minimum atomic E-state index is -0.236. The predicted octanol–water partition coefficient (Wildman–Crippen LogP) is 3.79. The van der Waals surface area contributed by atoms with E-state index in [2.05, 4.69) is 44.9 Å². The van der Waals surface area contributed by atoms with Crippen molar-refractivity contribution < 1.29 is 9.18 Å². The monoisotopic (exact) mass is 408 g/mol. The van der Waals surface area contributed by atoms with E-state index in [4.69, 9.17) is 0 Å². The van der Waals surface area contributed by atoms with Gasteiger partial charge in [-0.15, -0.1) is 0 Å². The number of H-pyrrole nitrogens is 1. The number of nitrogens with one attached hydrogen (secondary N) is 1. The summed E-state index contributed by atoms with van der Waals surface area (Å²) in [6.45, 7) is 6.97. The predicted molar refractivity (Wildman–Crippen MR) is 99.5 cm³/mol. The summed E-state index contributed by atoms with van der Waals surface area (Å²) in [7, 11) is 0. The van der Waals surface area contributed by atoms with Crippen LogP contribution in [0.1, 0.15) is 42.4 Å². The lowest BCUT2D eigenvalue weighted by Crippen LogP contribution is -2.35. The average Bonchev–Trinajstić information content (AvgIpc) is 2.81. The highest BCUT2D eigenvalue weighted by molar-refractivity contribution is 9.10. The topological polar surface area (TPSA) is 52.2 Å². The molecule has 0 saturated carbocycles. The summed E-state index contributed by atoms with van der Waals surface area (Å²) in [4.78, 5) is 16.9. The third kappa shape index (κ3) is 3.86. The van der Waals surface area contributed by atoms with Crippen LogP contribution in [0.5, 0.6) is 0 Å². The Morgan fingerprint density at radius 2 is 1.92 bits per heavy atom. The Bertz CT molecular complexity index is 744. The maximum Gasteiger partial charge on any atom is 0.275 e. The minimum Gasteiger partial charge on any atom is -0.370 e. The van der Waals surface area contributed by atoms with Gasteiger partial charge in [0.15, 0.2) is 5.69 Å². The highest BCUT2D eigenvalue weighted by Gasteiger charge is 2.26. The van der Waals surface area contributed by atoms with Gasteiger partial charge in [0.05, 0.1) is 10.2 Å². The first-order valence-corrected chi connectivity index (χ1v) is 9.30. The van der Waals surface area contributed by atoms with Crippen LogP contribution in [0.15, 0.2) is 28.7 Å². The molecule has 25 heavy (non-hydrogen) atoms. The Morgan fingerprint density at radius 3 is 2.56 bits per heavy atom. The number of carbonyl (C=O) groups excluding carboxylic acids is 1. The Hall–Kier alpha value is -1.89. The number of amides is 1. The fourth-order valence-corrected chi connectivity index (χ4v) is 3.85. The molecule has 1 amide bonds. The number of benzene rings is 1. The normalized spacial score (nSPS) is 15.6. The van der Waals surface area contributed by atoms with Crippen molar-refractivity contribution in [1.29, 1.82) is 0 Å². The molecule has 0 radical (unpaired) electrons. The first-order chi connectivity index (χ1) is 12.0. The van der Waals surface area contributed by atoms with Crippen molar-refractivity contribution in [3.63, 3.8) is 0 Å². The molecule has 1 N–H and O–H groups in total. The van der Waals surface area contributed by atoms with Crippen molar-refractivity contribution in [2.75, 3.05) is 31.1 Å². The number of aromatic nitrogens is 2. The molecule has 0 bridgehead atoms. The maximum atomic E-state index is 13.1. The van der Waals surface area contributed by atoms with Crippen LogP contribution in [-0.2, 0) is 0 Å². The Kier molecular flexibility index (Phi) is 5.42. The van der Waals surface area contributed by atoms with E-state index in [1.54, 1.807) is 12.1 Å². The summed E-state index contributed by atoms with van der Waals surface area (Å²) in [5.41, 5.74) is 2.36. The quantitative estimate of drug-likeness (QED) is 0.840. The Labute approximate surface area is 155 Å². The zero-order valence-electron chi connectivity index (χ0n) is 14.4. The van der Waals surface area contributed by atoms with E-state index in [1.165, 1.54) is 12.1 Å². The van der Waals surface area contributed by atoms with E-state index in [-0.39, 0.29) is 17.6 Å². The standard InChI is InChI=1S/C18H22BrFN4O/c1-12(2)16-15(19)17(22-21-16)18(25)24-9-3-8-23(10-11-24)14-6-4-13(20)5-7-14/h4-7,12H,3,8-11H2,1-2H3,(H,21,22). The van der Waals surface area contributed by atoms with E-state index in [0.717, 1.165) is 35.4 Å². The van der Waals surface area contributed by atoms with Crippen LogP contribution < -0.4 is 4.90 Å². The zero-order chi connectivity index (χ0) is 18.0. The molecule has 0 atom stereocenters. The molecular weight excluding hydrogens is 387 g/mol. The second kappa shape index (κ2) is 7.56. The highest BCUT2D eigenvalue weighted by atomic mass is 79.9. The Morgan fingerprint density at radius 1 is 1.20 bits per heavy atom. The zero-order valence-corrected chi connectivity index (χ0v) is 16.0. The number of aromatic amines is 1. The van der Waals surface area contributed by atoms with Gasteiger partial charge in [-0.1, -0.05) is 13.8 Å². The minimum absolute atomic E-state index is 0.0593. The van der Waals surface area contributed by atoms with E-state index < -0.39 is 0 Å². The van der Waals surface area contributed by atoms with Gasteiger partial charge in [0.2, 0.25) is 0 Å². The summed E-state index contributed by atoms with van der Waals surface area (Å²) < 4.78 is 13.9. The van der Waals surface area contributed by atoms with E-state index in [9.17, 15) is 9.18 Å². The van der Waals surface area contributed by atoms with E-state index in [1.807, 2.05) is 4.90 Å². The molecule has 2 heterocycles. The van der Waals surface area contributed by atoms with Gasteiger partial charge in [-0.05, 0) is 52.5 Å². The lowest BCUT2D eigenvalue weighted by molar-refractivity contribution is 0.0760. The van der Waals surface area contributed by atoms with Gasteiger partial charge >= 0.3 is 0 Å². The molecule has 134 valence electrons. The second-order valence-corrected chi connectivity index (χ2v) is 7.36. The molecule has 1 aliphatic rings. The fourth-order valence-electron chi connectivity index (χ4n) is 3.05. The number of carbonyl (C=O) groups is 1. The molecule has 1 saturated heterocycles. The van der Waals surface area contributed by atoms with Crippen molar-refractivity contribution in [2.24, 2.45) is 0 Å². The van der Waals surface area contributed by atoms with Gasteiger partial charge in [-0.25, -0.2) is 4.39 Å². The fraction of sp³-hybridized carbons (Fsp3) is 0.444. The van der Waals surface area contributed by atoms with Crippen molar-refractivity contribution in [3.8, 4) is 0 Å². The third-order valence-electron chi connectivity index (χ3n) is 4.49. The van der Waals surface area contributed by atoms with Crippen LogP contribution in [0.25, 0.3) is 0 Å². The number of hydrogen-bond donors (Lipinski definition) is 1. The van der Waals surface area contributed by atoms with Crippen molar-refractivity contribution >= 4 is 27.5 Å². The van der Waals surface area contributed by atoms with Crippen LogP contribution in [0.4, 0.5) is 10.1 Å². The number of hydrogen-bond acceptors (Lipinski definition) is 3. The molecule has 2 aromatic rings. The summed E-state index contributed by atoms with van der Waals surface area (Å²) in [5, 5.41) is 7.17. The average molecular weight is 409 g/mol. The summed E-state index contributed by atoms with van der Waals surface area (Å²) in [5.74, 6) is -0.0303. The van der Waals surface area contributed by atoms with Gasteiger partial charge in [0, 0.05) is 31.9 Å². The molecule has 5 nitrogen and oxygen atoms in total. The second-order valence-electron chi connectivity index (χ2n) is 6.56. The van der Waals surface area contributed by atoms with E-state index in [0.29, 0.717) is 18.8 Å². The maximum absolute atomic E-state index is 13.1. The molecule has 0 spiro atoms. The molecule has 3 rings (SSSR count). The molecule has 7 heteroatoms. The van der Waals surface area contributed by atoms with Gasteiger partial charge in [0.1, 0.15) is 5.82 Å². The lowest BCUT2D eigenvalue weighted by Gasteiger charge is -2.23. The SMILES string of the molecule is CC(C)c1[nH]nc(C(=O)N2CCCN(c3ccc(F)cc3)CC2)c1Br. The van der Waals surface area contributed by atoms with Gasteiger partial charge in [-0.2, -0.15) is 5.10 Å². The summed E-state index contributed by atoms with van der Waals surface area (Å²) in [6, 6.07) is 6.51. The van der Waals surface area contributed by atoms with Crippen molar-refractivity contribution in [1.82, 2.24) is 15.1 Å². The van der Waals surface area contributed by atoms with Crippen molar-refractivity contribution in [3.05, 3.63) is 45.9 Å². The molecule has 1 aliphatic heterocycles. The first kappa shape index (κ1) is 17.9. The van der Waals surface area contributed by atoms with Gasteiger partial charge in [0.25, 0.3) is 5.91 Å². The van der Waals surface area contributed by atoms with Gasteiger partial charge in [-0.3, -0.25) is 9.89 Å².